The number of anilines is 1. The van der Waals surface area contributed by atoms with E-state index in [1.165, 1.54) is 4.90 Å². The third-order valence-electron chi connectivity index (χ3n) is 5.97. The van der Waals surface area contributed by atoms with E-state index in [9.17, 15) is 18.0 Å². The van der Waals surface area contributed by atoms with Crippen molar-refractivity contribution in [2.75, 3.05) is 17.1 Å². The van der Waals surface area contributed by atoms with Crippen LogP contribution in [0, 0.1) is 6.92 Å². The van der Waals surface area contributed by atoms with Gasteiger partial charge in [0.15, 0.2) is 0 Å². The lowest BCUT2D eigenvalue weighted by Crippen LogP contribution is -2.54. The zero-order valence-electron chi connectivity index (χ0n) is 22.1. The largest absolute Gasteiger partial charge is 0.352 e. The molecule has 0 aliphatic rings. The summed E-state index contributed by atoms with van der Waals surface area (Å²) in [6.07, 6.45) is 1.36. The van der Waals surface area contributed by atoms with E-state index in [-0.39, 0.29) is 24.9 Å². The Labute approximate surface area is 234 Å². The Morgan fingerprint density at radius 2 is 1.50 bits per heavy atom. The van der Waals surface area contributed by atoms with Gasteiger partial charge in [0.2, 0.25) is 21.8 Å². The summed E-state index contributed by atoms with van der Waals surface area (Å²) in [5, 5.41) is 2.94. The maximum absolute atomic E-state index is 14.0. The number of carbonyl (C=O) groups excluding carboxylic acids is 2. The molecular weight excluding hydrogens is 566 g/mol. The van der Waals surface area contributed by atoms with Crippen molar-refractivity contribution in [3.63, 3.8) is 0 Å². The van der Waals surface area contributed by atoms with Crippen molar-refractivity contribution in [1.29, 1.82) is 0 Å². The van der Waals surface area contributed by atoms with Crippen LogP contribution in [0.3, 0.4) is 0 Å². The number of hydrogen-bond acceptors (Lipinski definition) is 4. The summed E-state index contributed by atoms with van der Waals surface area (Å²) < 4.78 is 27.5. The van der Waals surface area contributed by atoms with Crippen LogP contribution in [0.2, 0.25) is 0 Å². The normalized spacial score (nSPS) is 12.2. The van der Waals surface area contributed by atoms with Gasteiger partial charge in [-0.2, -0.15) is 0 Å². The fourth-order valence-electron chi connectivity index (χ4n) is 4.05. The molecule has 1 N–H and O–H groups in total. The second-order valence-electron chi connectivity index (χ2n) is 9.62. The van der Waals surface area contributed by atoms with Gasteiger partial charge in [-0.15, -0.1) is 0 Å². The molecule has 3 aromatic rings. The Kier molecular flexibility index (Phi) is 10.1. The molecular formula is C29H34BrN3O4S. The molecule has 0 saturated carbocycles. The van der Waals surface area contributed by atoms with Gasteiger partial charge in [-0.3, -0.25) is 13.9 Å². The fraction of sp³-hybridized carbons (Fsp3) is 0.310. The highest BCUT2D eigenvalue weighted by atomic mass is 79.9. The maximum atomic E-state index is 14.0. The van der Waals surface area contributed by atoms with E-state index in [0.717, 1.165) is 31.7 Å². The molecule has 3 aromatic carbocycles. The van der Waals surface area contributed by atoms with Gasteiger partial charge in [0.1, 0.15) is 12.6 Å². The lowest BCUT2D eigenvalue weighted by Gasteiger charge is -2.34. The first-order chi connectivity index (χ1) is 17.9. The van der Waals surface area contributed by atoms with E-state index in [1.54, 1.807) is 24.3 Å². The second kappa shape index (κ2) is 13.1. The lowest BCUT2D eigenvalue weighted by atomic mass is 10.0. The molecule has 0 heterocycles. The number of amides is 2. The molecule has 202 valence electrons. The molecule has 0 aliphatic heterocycles. The smallest absolute Gasteiger partial charge is 0.244 e. The average molecular weight is 601 g/mol. The van der Waals surface area contributed by atoms with Gasteiger partial charge in [-0.1, -0.05) is 76.1 Å². The number of rotatable bonds is 11. The minimum absolute atomic E-state index is 0.134. The summed E-state index contributed by atoms with van der Waals surface area (Å²) in [6.45, 7) is 5.34. The van der Waals surface area contributed by atoms with E-state index in [4.69, 9.17) is 0 Å². The third kappa shape index (κ3) is 8.43. The minimum Gasteiger partial charge on any atom is -0.352 e. The highest BCUT2D eigenvalue weighted by molar-refractivity contribution is 9.10. The van der Waals surface area contributed by atoms with E-state index < -0.39 is 28.5 Å². The first kappa shape index (κ1) is 29.4. The van der Waals surface area contributed by atoms with E-state index in [1.807, 2.05) is 75.4 Å². The number of aryl methyl sites for hydroxylation is 1. The first-order valence-corrected chi connectivity index (χ1v) is 15.0. The van der Waals surface area contributed by atoms with Crippen molar-refractivity contribution in [3.05, 3.63) is 100 Å². The molecule has 0 aliphatic carbocycles. The van der Waals surface area contributed by atoms with Gasteiger partial charge in [0.25, 0.3) is 0 Å². The van der Waals surface area contributed by atoms with Crippen LogP contribution in [0.15, 0.2) is 83.3 Å². The van der Waals surface area contributed by atoms with Crippen molar-refractivity contribution in [3.8, 4) is 0 Å². The van der Waals surface area contributed by atoms with Crippen LogP contribution in [-0.4, -0.2) is 50.0 Å². The summed E-state index contributed by atoms with van der Waals surface area (Å²) in [6, 6.07) is 22.9. The second-order valence-corrected chi connectivity index (χ2v) is 12.4. The minimum atomic E-state index is -3.78. The summed E-state index contributed by atoms with van der Waals surface area (Å²) in [5.74, 6) is -0.769. The molecule has 1 atom stereocenters. The Morgan fingerprint density at radius 3 is 2.05 bits per heavy atom. The number of nitrogens with one attached hydrogen (secondary N) is 1. The van der Waals surface area contributed by atoms with E-state index >= 15 is 0 Å². The predicted molar refractivity (Wildman–Crippen MR) is 155 cm³/mol. The first-order valence-electron chi connectivity index (χ1n) is 12.4. The van der Waals surface area contributed by atoms with Crippen LogP contribution in [0.5, 0.6) is 0 Å². The molecule has 0 bridgehead atoms. The average Bonchev–Trinajstić information content (AvgIpc) is 2.86. The summed E-state index contributed by atoms with van der Waals surface area (Å²) in [4.78, 5) is 28.9. The van der Waals surface area contributed by atoms with Gasteiger partial charge in [-0.25, -0.2) is 8.42 Å². The number of nitrogens with zero attached hydrogens (tertiary/aromatic N) is 2. The molecule has 3 rings (SSSR count). The standard InChI is InChI=1S/C29H34BrN3O4S/c1-21(2)31-29(35)27(18-23-8-6-5-7-9-23)32(19-24-12-14-25(30)15-13-24)28(34)20-33(38(4,36)37)26-16-10-22(3)11-17-26/h5-17,21,27H,18-20H2,1-4H3,(H,31,35). The van der Waals surface area contributed by atoms with Gasteiger partial charge >= 0.3 is 0 Å². The zero-order chi connectivity index (χ0) is 27.9. The molecule has 2 amide bonds. The van der Waals surface area contributed by atoms with Crippen LogP contribution in [0.25, 0.3) is 0 Å². The van der Waals surface area contributed by atoms with Crippen molar-refractivity contribution < 1.29 is 18.0 Å². The fourth-order valence-corrected chi connectivity index (χ4v) is 5.16. The summed E-state index contributed by atoms with van der Waals surface area (Å²) in [5.41, 5.74) is 3.07. The maximum Gasteiger partial charge on any atom is 0.244 e. The quantitative estimate of drug-likeness (QED) is 0.346. The van der Waals surface area contributed by atoms with Gasteiger partial charge < -0.3 is 10.2 Å². The SMILES string of the molecule is Cc1ccc(N(CC(=O)N(Cc2ccc(Br)cc2)C(Cc2ccccc2)C(=O)NC(C)C)S(C)(=O)=O)cc1. The monoisotopic (exact) mass is 599 g/mol. The number of benzene rings is 3. The highest BCUT2D eigenvalue weighted by Gasteiger charge is 2.33. The van der Waals surface area contributed by atoms with Crippen LogP contribution >= 0.6 is 15.9 Å². The van der Waals surface area contributed by atoms with Crippen LogP contribution in [-0.2, 0) is 32.6 Å². The molecule has 0 spiro atoms. The molecule has 7 nitrogen and oxygen atoms in total. The molecule has 0 aromatic heterocycles. The van der Waals surface area contributed by atoms with Crippen LogP contribution < -0.4 is 9.62 Å². The van der Waals surface area contributed by atoms with Gasteiger partial charge in [0.05, 0.1) is 11.9 Å². The topological polar surface area (TPSA) is 86.8 Å². The van der Waals surface area contributed by atoms with E-state index in [2.05, 4.69) is 21.2 Å². The molecule has 0 radical (unpaired) electrons. The molecule has 0 fully saturated rings. The zero-order valence-corrected chi connectivity index (χ0v) is 24.5. The van der Waals surface area contributed by atoms with Gasteiger partial charge in [0, 0.05) is 23.5 Å². The summed E-state index contributed by atoms with van der Waals surface area (Å²) in [7, 11) is -3.78. The van der Waals surface area contributed by atoms with Crippen molar-refractivity contribution in [2.24, 2.45) is 0 Å². The molecule has 0 saturated heterocycles. The molecule has 1 unspecified atom stereocenters. The third-order valence-corrected chi connectivity index (χ3v) is 7.64. The highest BCUT2D eigenvalue weighted by Crippen LogP contribution is 2.21. The number of sulfonamides is 1. The van der Waals surface area contributed by atoms with Crippen molar-refractivity contribution >= 4 is 43.5 Å². The Hall–Kier alpha value is -3.17. The van der Waals surface area contributed by atoms with Crippen molar-refractivity contribution in [1.82, 2.24) is 10.2 Å². The lowest BCUT2D eigenvalue weighted by molar-refractivity contribution is -0.140. The Morgan fingerprint density at radius 1 is 0.895 bits per heavy atom. The molecule has 9 heteroatoms. The number of carbonyl (C=O) groups is 2. The van der Waals surface area contributed by atoms with E-state index in [0.29, 0.717) is 5.69 Å². The van der Waals surface area contributed by atoms with Crippen molar-refractivity contribution in [2.45, 2.75) is 45.8 Å². The number of hydrogen-bond donors (Lipinski definition) is 1. The van der Waals surface area contributed by atoms with Crippen LogP contribution in [0.4, 0.5) is 5.69 Å². The Bertz CT molecular complexity index is 1330. The van der Waals surface area contributed by atoms with Crippen LogP contribution in [0.1, 0.15) is 30.5 Å². The Balaban J connectivity index is 2.04. The summed E-state index contributed by atoms with van der Waals surface area (Å²) >= 11 is 3.43. The molecule has 38 heavy (non-hydrogen) atoms. The number of halogens is 1. The predicted octanol–water partition coefficient (Wildman–Crippen LogP) is 4.69. The van der Waals surface area contributed by atoms with Gasteiger partial charge in [-0.05, 0) is 56.2 Å².